The molecule has 120 valence electrons. The number of carboxylic acid groups (broad SMARTS) is 1. The number of fused-ring (bicyclic) bond motifs is 1. The number of aliphatic carboxylic acids is 1. The van der Waals surface area contributed by atoms with Crippen LogP contribution in [0.1, 0.15) is 64.2 Å². The molecule has 0 bridgehead atoms. The largest absolute Gasteiger partial charge is 0.480 e. The first-order valence-electron chi connectivity index (χ1n) is 8.73. The lowest BCUT2D eigenvalue weighted by molar-refractivity contribution is -0.151. The first-order chi connectivity index (χ1) is 10.2. The molecule has 1 N–H and O–H groups in total. The Morgan fingerprint density at radius 2 is 1.71 bits per heavy atom. The summed E-state index contributed by atoms with van der Waals surface area (Å²) in [5.74, 6) is 0.141. The van der Waals surface area contributed by atoms with Gasteiger partial charge in [0.2, 0.25) is 0 Å². The SMILES string of the molecule is COC1CCC(N2C(C(=O)O)CCC3CCCCC32)CC1. The van der Waals surface area contributed by atoms with Gasteiger partial charge in [0.25, 0.3) is 0 Å². The van der Waals surface area contributed by atoms with Crippen LogP contribution in [-0.2, 0) is 9.53 Å². The minimum Gasteiger partial charge on any atom is -0.480 e. The van der Waals surface area contributed by atoms with E-state index < -0.39 is 5.97 Å². The first-order valence-corrected chi connectivity index (χ1v) is 8.73. The van der Waals surface area contributed by atoms with Crippen molar-refractivity contribution in [2.24, 2.45) is 5.92 Å². The van der Waals surface area contributed by atoms with Crippen LogP contribution in [0.2, 0.25) is 0 Å². The monoisotopic (exact) mass is 295 g/mol. The van der Waals surface area contributed by atoms with Gasteiger partial charge in [0.05, 0.1) is 6.10 Å². The van der Waals surface area contributed by atoms with E-state index in [1.54, 1.807) is 7.11 Å². The number of carbonyl (C=O) groups is 1. The average molecular weight is 295 g/mol. The summed E-state index contributed by atoms with van der Waals surface area (Å²) < 4.78 is 5.47. The molecule has 2 aliphatic carbocycles. The molecule has 0 aromatic heterocycles. The van der Waals surface area contributed by atoms with Gasteiger partial charge in [-0.15, -0.1) is 0 Å². The van der Waals surface area contributed by atoms with Crippen molar-refractivity contribution < 1.29 is 14.6 Å². The zero-order valence-corrected chi connectivity index (χ0v) is 13.2. The number of methoxy groups -OCH3 is 1. The maximum Gasteiger partial charge on any atom is 0.320 e. The van der Waals surface area contributed by atoms with Gasteiger partial charge in [-0.1, -0.05) is 12.8 Å². The molecule has 3 atom stereocenters. The number of hydrogen-bond donors (Lipinski definition) is 1. The van der Waals surface area contributed by atoms with Crippen LogP contribution >= 0.6 is 0 Å². The highest BCUT2D eigenvalue weighted by Gasteiger charge is 2.44. The van der Waals surface area contributed by atoms with Crippen LogP contribution in [0.4, 0.5) is 0 Å². The van der Waals surface area contributed by atoms with Crippen LogP contribution in [0.25, 0.3) is 0 Å². The zero-order chi connectivity index (χ0) is 14.8. The average Bonchev–Trinajstić information content (AvgIpc) is 2.53. The molecule has 4 nitrogen and oxygen atoms in total. The molecule has 3 unspecified atom stereocenters. The minimum absolute atomic E-state index is 0.242. The van der Waals surface area contributed by atoms with Gasteiger partial charge in [-0.3, -0.25) is 9.69 Å². The number of likely N-dealkylation sites (tertiary alicyclic amines) is 1. The highest BCUT2D eigenvalue weighted by atomic mass is 16.5. The second-order valence-electron chi connectivity index (χ2n) is 7.16. The summed E-state index contributed by atoms with van der Waals surface area (Å²) in [7, 11) is 1.79. The van der Waals surface area contributed by atoms with Crippen LogP contribution < -0.4 is 0 Å². The fourth-order valence-electron chi connectivity index (χ4n) is 5.02. The molecule has 21 heavy (non-hydrogen) atoms. The summed E-state index contributed by atoms with van der Waals surface area (Å²) in [6.45, 7) is 0. The van der Waals surface area contributed by atoms with Crippen LogP contribution in [0, 0.1) is 5.92 Å². The molecule has 3 fully saturated rings. The Morgan fingerprint density at radius 3 is 2.38 bits per heavy atom. The van der Waals surface area contributed by atoms with E-state index in [1.807, 2.05) is 0 Å². The molecule has 0 amide bonds. The maximum absolute atomic E-state index is 11.7. The predicted octanol–water partition coefficient (Wildman–Crippen LogP) is 3.05. The van der Waals surface area contributed by atoms with Gasteiger partial charge in [-0.25, -0.2) is 0 Å². The Bertz CT molecular complexity index is 365. The van der Waals surface area contributed by atoms with Crippen molar-refractivity contribution in [2.75, 3.05) is 7.11 Å². The molecule has 1 aliphatic heterocycles. The third kappa shape index (κ3) is 3.11. The van der Waals surface area contributed by atoms with Gasteiger partial charge in [-0.05, 0) is 57.3 Å². The minimum atomic E-state index is -0.604. The summed E-state index contributed by atoms with van der Waals surface area (Å²) in [6.07, 6.45) is 11.9. The van der Waals surface area contributed by atoms with Crippen molar-refractivity contribution in [2.45, 2.75) is 88.4 Å². The van der Waals surface area contributed by atoms with E-state index in [-0.39, 0.29) is 6.04 Å². The fraction of sp³-hybridized carbons (Fsp3) is 0.941. The van der Waals surface area contributed by atoms with Crippen molar-refractivity contribution >= 4 is 5.97 Å². The van der Waals surface area contributed by atoms with E-state index in [9.17, 15) is 9.90 Å². The Hall–Kier alpha value is -0.610. The number of carboxylic acids is 1. The molecule has 3 aliphatic rings. The maximum atomic E-state index is 11.7. The van der Waals surface area contributed by atoms with Gasteiger partial charge in [0.1, 0.15) is 6.04 Å². The summed E-state index contributed by atoms with van der Waals surface area (Å²) >= 11 is 0. The van der Waals surface area contributed by atoms with Crippen molar-refractivity contribution in [3.05, 3.63) is 0 Å². The van der Waals surface area contributed by atoms with E-state index in [1.165, 1.54) is 25.7 Å². The highest BCUT2D eigenvalue weighted by molar-refractivity contribution is 5.73. The second kappa shape index (κ2) is 6.66. The number of hydrogen-bond acceptors (Lipinski definition) is 3. The molecule has 0 radical (unpaired) electrons. The van der Waals surface area contributed by atoms with Gasteiger partial charge in [-0.2, -0.15) is 0 Å². The third-order valence-corrected chi connectivity index (χ3v) is 6.11. The van der Waals surface area contributed by atoms with Gasteiger partial charge < -0.3 is 9.84 Å². The number of rotatable bonds is 3. The normalized spacial score (nSPS) is 41.5. The van der Waals surface area contributed by atoms with Crippen LogP contribution in [-0.4, -0.2) is 47.3 Å². The fourth-order valence-corrected chi connectivity index (χ4v) is 5.02. The summed E-state index contributed by atoms with van der Waals surface area (Å²) in [4.78, 5) is 14.2. The molecular weight excluding hydrogens is 266 g/mol. The molecule has 1 heterocycles. The Labute approximate surface area is 127 Å². The smallest absolute Gasteiger partial charge is 0.320 e. The lowest BCUT2D eigenvalue weighted by Gasteiger charge is -2.51. The van der Waals surface area contributed by atoms with E-state index in [0.29, 0.717) is 18.2 Å². The van der Waals surface area contributed by atoms with Crippen molar-refractivity contribution in [1.82, 2.24) is 4.90 Å². The molecule has 0 aromatic rings. The summed E-state index contributed by atoms with van der Waals surface area (Å²) in [6, 6.07) is 0.745. The van der Waals surface area contributed by atoms with E-state index in [4.69, 9.17) is 4.74 Å². The lowest BCUT2D eigenvalue weighted by atomic mass is 9.74. The van der Waals surface area contributed by atoms with E-state index in [2.05, 4.69) is 4.90 Å². The molecule has 4 heteroatoms. The van der Waals surface area contributed by atoms with Crippen LogP contribution in [0.15, 0.2) is 0 Å². The van der Waals surface area contributed by atoms with Crippen molar-refractivity contribution in [3.8, 4) is 0 Å². The number of ether oxygens (including phenoxy) is 1. The van der Waals surface area contributed by atoms with Crippen LogP contribution in [0.5, 0.6) is 0 Å². The molecule has 1 saturated heterocycles. The van der Waals surface area contributed by atoms with Crippen molar-refractivity contribution in [3.63, 3.8) is 0 Å². The molecule has 2 saturated carbocycles. The Kier molecular flexibility index (Phi) is 4.85. The van der Waals surface area contributed by atoms with E-state index in [0.717, 1.165) is 44.4 Å². The standard InChI is InChI=1S/C17H29NO3/c1-21-14-9-7-13(8-10-14)18-15-5-3-2-4-12(15)6-11-16(18)17(19)20/h12-16H,2-11H2,1H3,(H,19,20). The van der Waals surface area contributed by atoms with Gasteiger partial charge in [0, 0.05) is 19.2 Å². The van der Waals surface area contributed by atoms with Gasteiger partial charge in [0.15, 0.2) is 0 Å². The first kappa shape index (κ1) is 15.3. The Balaban J connectivity index is 1.74. The second-order valence-corrected chi connectivity index (χ2v) is 7.16. The molecule has 0 spiro atoms. The number of nitrogens with zero attached hydrogens (tertiary/aromatic N) is 1. The van der Waals surface area contributed by atoms with Crippen LogP contribution in [0.3, 0.4) is 0 Å². The quantitative estimate of drug-likeness (QED) is 0.869. The topological polar surface area (TPSA) is 49.8 Å². The third-order valence-electron chi connectivity index (χ3n) is 6.11. The molecule has 3 rings (SSSR count). The molecular formula is C17H29NO3. The number of piperidine rings is 1. The summed E-state index contributed by atoms with van der Waals surface area (Å²) in [5.41, 5.74) is 0. The Morgan fingerprint density at radius 1 is 1.00 bits per heavy atom. The lowest BCUT2D eigenvalue weighted by Crippen LogP contribution is -2.59. The van der Waals surface area contributed by atoms with Gasteiger partial charge >= 0.3 is 5.97 Å². The summed E-state index contributed by atoms with van der Waals surface area (Å²) in [5, 5.41) is 9.66. The zero-order valence-electron chi connectivity index (χ0n) is 13.2. The van der Waals surface area contributed by atoms with Crippen molar-refractivity contribution in [1.29, 1.82) is 0 Å². The highest BCUT2D eigenvalue weighted by Crippen LogP contribution is 2.41. The molecule has 0 aromatic carbocycles. The predicted molar refractivity (Wildman–Crippen MR) is 81.3 cm³/mol. The van der Waals surface area contributed by atoms with E-state index >= 15 is 0 Å².